The van der Waals surface area contributed by atoms with Gasteiger partial charge >= 0.3 is 6.03 Å². The largest absolute Gasteiger partial charge is 0.333 e. The highest BCUT2D eigenvalue weighted by Crippen LogP contribution is 2.25. The van der Waals surface area contributed by atoms with Crippen molar-refractivity contribution in [3.8, 4) is 0 Å². The number of rotatable bonds is 2. The molecule has 88 valence electrons. The number of carbonyl (C=O) groups excluding carboxylic acids is 1. The van der Waals surface area contributed by atoms with Crippen molar-refractivity contribution in [1.29, 1.82) is 0 Å². The van der Waals surface area contributed by atoms with E-state index in [4.69, 9.17) is 0 Å². The topological polar surface area (TPSA) is 32.3 Å². The van der Waals surface area contributed by atoms with Crippen LogP contribution < -0.4 is 5.32 Å². The predicted octanol–water partition coefficient (Wildman–Crippen LogP) is 2.62. The molecular weight excluding hydrogens is 188 g/mol. The first kappa shape index (κ1) is 12.3. The van der Waals surface area contributed by atoms with Crippen LogP contribution in [-0.2, 0) is 0 Å². The van der Waals surface area contributed by atoms with Gasteiger partial charge in [0, 0.05) is 19.1 Å². The zero-order valence-electron chi connectivity index (χ0n) is 10.5. The van der Waals surface area contributed by atoms with E-state index >= 15 is 0 Å². The quantitative estimate of drug-likeness (QED) is 0.749. The maximum absolute atomic E-state index is 11.8. The van der Waals surface area contributed by atoms with E-state index in [1.807, 2.05) is 32.7 Å². The lowest BCUT2D eigenvalue weighted by Gasteiger charge is -2.27. The molecule has 15 heavy (non-hydrogen) atoms. The molecule has 0 atom stereocenters. The van der Waals surface area contributed by atoms with Crippen LogP contribution in [0.1, 0.15) is 46.5 Å². The second kappa shape index (κ2) is 4.86. The fraction of sp³-hybridized carbons (Fsp3) is 0.917. The van der Waals surface area contributed by atoms with Gasteiger partial charge in [-0.1, -0.05) is 12.8 Å². The Kier molecular flexibility index (Phi) is 4.00. The van der Waals surface area contributed by atoms with Crippen LogP contribution >= 0.6 is 0 Å². The fourth-order valence-electron chi connectivity index (χ4n) is 2.08. The molecule has 0 aromatic heterocycles. The minimum atomic E-state index is -0.138. The summed E-state index contributed by atoms with van der Waals surface area (Å²) in [6.07, 6.45) is 5.24. The summed E-state index contributed by atoms with van der Waals surface area (Å²) in [5.41, 5.74) is -0.138. The van der Waals surface area contributed by atoms with Crippen molar-refractivity contribution in [1.82, 2.24) is 10.2 Å². The van der Waals surface area contributed by atoms with Gasteiger partial charge in [0.05, 0.1) is 0 Å². The maximum Gasteiger partial charge on any atom is 0.317 e. The highest BCUT2D eigenvalue weighted by molar-refractivity contribution is 5.74. The number of carbonyl (C=O) groups is 1. The third kappa shape index (κ3) is 4.54. The zero-order valence-corrected chi connectivity index (χ0v) is 10.5. The molecule has 0 bridgehead atoms. The van der Waals surface area contributed by atoms with E-state index in [-0.39, 0.29) is 11.6 Å². The first-order valence-corrected chi connectivity index (χ1v) is 5.92. The summed E-state index contributed by atoms with van der Waals surface area (Å²) < 4.78 is 0. The van der Waals surface area contributed by atoms with Gasteiger partial charge in [-0.15, -0.1) is 0 Å². The predicted molar refractivity (Wildman–Crippen MR) is 62.9 cm³/mol. The zero-order chi connectivity index (χ0) is 11.5. The Morgan fingerprint density at radius 1 is 1.33 bits per heavy atom. The van der Waals surface area contributed by atoms with Crippen molar-refractivity contribution >= 4 is 6.03 Å². The highest BCUT2D eigenvalue weighted by atomic mass is 16.2. The van der Waals surface area contributed by atoms with Gasteiger partial charge in [0.1, 0.15) is 0 Å². The molecule has 0 spiro atoms. The molecule has 1 N–H and O–H groups in total. The first-order chi connectivity index (χ1) is 6.88. The second-order valence-electron chi connectivity index (χ2n) is 5.71. The summed E-state index contributed by atoms with van der Waals surface area (Å²) in [6.45, 7) is 6.93. The number of nitrogens with one attached hydrogen (secondary N) is 1. The van der Waals surface area contributed by atoms with Crippen LogP contribution in [0.4, 0.5) is 4.79 Å². The first-order valence-electron chi connectivity index (χ1n) is 5.92. The average Bonchev–Trinajstić information content (AvgIpc) is 2.53. The van der Waals surface area contributed by atoms with Gasteiger partial charge in [0.2, 0.25) is 0 Å². The maximum atomic E-state index is 11.8. The minimum Gasteiger partial charge on any atom is -0.333 e. The molecule has 1 fully saturated rings. The molecule has 1 aliphatic rings. The highest BCUT2D eigenvalue weighted by Gasteiger charge is 2.21. The molecule has 0 saturated heterocycles. The third-order valence-electron chi connectivity index (χ3n) is 2.84. The summed E-state index contributed by atoms with van der Waals surface area (Å²) in [5, 5.41) is 2.98. The Labute approximate surface area is 93.2 Å². The lowest BCUT2D eigenvalue weighted by molar-refractivity contribution is 0.191. The van der Waals surface area contributed by atoms with Crippen LogP contribution in [0.5, 0.6) is 0 Å². The number of amides is 2. The van der Waals surface area contributed by atoms with Gasteiger partial charge < -0.3 is 10.2 Å². The Morgan fingerprint density at radius 2 is 1.87 bits per heavy atom. The molecule has 1 aliphatic carbocycles. The lowest BCUT2D eigenvalue weighted by Crippen LogP contribution is -2.48. The SMILES string of the molecule is CN(CC1CCCC1)C(=O)NC(C)(C)C. The van der Waals surface area contributed by atoms with E-state index in [9.17, 15) is 4.79 Å². The number of hydrogen-bond acceptors (Lipinski definition) is 1. The molecule has 1 saturated carbocycles. The van der Waals surface area contributed by atoms with Crippen LogP contribution in [0, 0.1) is 5.92 Å². The van der Waals surface area contributed by atoms with E-state index < -0.39 is 0 Å². The van der Waals surface area contributed by atoms with E-state index in [1.54, 1.807) is 0 Å². The molecule has 0 aromatic carbocycles. The van der Waals surface area contributed by atoms with Crippen LogP contribution in [0.3, 0.4) is 0 Å². The van der Waals surface area contributed by atoms with Gasteiger partial charge in [-0.3, -0.25) is 0 Å². The van der Waals surface area contributed by atoms with Gasteiger partial charge in [-0.2, -0.15) is 0 Å². The standard InChI is InChI=1S/C12H24N2O/c1-12(2,3)13-11(15)14(4)9-10-7-5-6-8-10/h10H,5-9H2,1-4H3,(H,13,15). The molecule has 0 unspecified atom stereocenters. The summed E-state index contributed by atoms with van der Waals surface area (Å²) >= 11 is 0. The molecule has 0 radical (unpaired) electrons. The lowest BCUT2D eigenvalue weighted by atomic mass is 10.1. The minimum absolute atomic E-state index is 0.0504. The Bertz CT molecular complexity index is 214. The summed E-state index contributed by atoms with van der Waals surface area (Å²) in [4.78, 5) is 13.6. The molecular formula is C12H24N2O. The molecule has 0 aliphatic heterocycles. The number of hydrogen-bond donors (Lipinski definition) is 1. The van der Waals surface area contributed by atoms with Gasteiger partial charge in [0.15, 0.2) is 0 Å². The van der Waals surface area contributed by atoms with Gasteiger partial charge in [0.25, 0.3) is 0 Å². The fourth-order valence-corrected chi connectivity index (χ4v) is 2.08. The van der Waals surface area contributed by atoms with Crippen LogP contribution in [0.15, 0.2) is 0 Å². The van der Waals surface area contributed by atoms with Gasteiger partial charge in [-0.05, 0) is 39.5 Å². The molecule has 3 nitrogen and oxygen atoms in total. The van der Waals surface area contributed by atoms with Crippen LogP contribution in [-0.4, -0.2) is 30.1 Å². The van der Waals surface area contributed by atoms with Crippen molar-refractivity contribution in [2.75, 3.05) is 13.6 Å². The monoisotopic (exact) mass is 212 g/mol. The summed E-state index contributed by atoms with van der Waals surface area (Å²) in [5.74, 6) is 0.723. The molecule has 1 rings (SSSR count). The molecule has 0 heterocycles. The van der Waals surface area contributed by atoms with Crippen molar-refractivity contribution in [3.63, 3.8) is 0 Å². The smallest absolute Gasteiger partial charge is 0.317 e. The van der Waals surface area contributed by atoms with Crippen molar-refractivity contribution in [2.45, 2.75) is 52.0 Å². The number of urea groups is 1. The van der Waals surface area contributed by atoms with Crippen molar-refractivity contribution in [3.05, 3.63) is 0 Å². The average molecular weight is 212 g/mol. The molecule has 0 aromatic rings. The van der Waals surface area contributed by atoms with E-state index in [0.717, 1.165) is 12.5 Å². The van der Waals surface area contributed by atoms with E-state index in [1.165, 1.54) is 25.7 Å². The van der Waals surface area contributed by atoms with E-state index in [0.29, 0.717) is 0 Å². The van der Waals surface area contributed by atoms with Crippen LogP contribution in [0.25, 0.3) is 0 Å². The van der Waals surface area contributed by atoms with Gasteiger partial charge in [-0.25, -0.2) is 4.79 Å². The normalized spacial score (nSPS) is 17.9. The van der Waals surface area contributed by atoms with Crippen molar-refractivity contribution in [2.24, 2.45) is 5.92 Å². The third-order valence-corrected chi connectivity index (χ3v) is 2.84. The summed E-state index contributed by atoms with van der Waals surface area (Å²) in [6, 6.07) is 0.0504. The van der Waals surface area contributed by atoms with E-state index in [2.05, 4.69) is 5.32 Å². The summed E-state index contributed by atoms with van der Waals surface area (Å²) in [7, 11) is 1.89. The molecule has 3 heteroatoms. The molecule has 2 amide bonds. The number of nitrogens with zero attached hydrogens (tertiary/aromatic N) is 1. The Morgan fingerprint density at radius 3 is 2.33 bits per heavy atom. The Balaban J connectivity index is 2.32. The second-order valence-corrected chi connectivity index (χ2v) is 5.71. The Hall–Kier alpha value is -0.730. The van der Waals surface area contributed by atoms with Crippen LogP contribution in [0.2, 0.25) is 0 Å². The van der Waals surface area contributed by atoms with Crippen molar-refractivity contribution < 1.29 is 4.79 Å².